The molecule has 0 saturated carbocycles. The number of hydrogen-bond acceptors (Lipinski definition) is 3. The third-order valence-electron chi connectivity index (χ3n) is 2.48. The second-order valence-electron chi connectivity index (χ2n) is 3.44. The Labute approximate surface area is 89.1 Å². The highest BCUT2D eigenvalue weighted by Gasteiger charge is 2.16. The van der Waals surface area contributed by atoms with Gasteiger partial charge in [-0.2, -0.15) is 0 Å². The SMILES string of the molecule is CCc1ccc(C(NC)c2ccoc2)o1. The van der Waals surface area contributed by atoms with Gasteiger partial charge in [0.15, 0.2) is 0 Å². The molecule has 1 atom stereocenters. The monoisotopic (exact) mass is 205 g/mol. The Balaban J connectivity index is 2.27. The van der Waals surface area contributed by atoms with Gasteiger partial charge >= 0.3 is 0 Å². The summed E-state index contributed by atoms with van der Waals surface area (Å²) < 4.78 is 10.8. The van der Waals surface area contributed by atoms with Crippen LogP contribution in [0.3, 0.4) is 0 Å². The van der Waals surface area contributed by atoms with Crippen LogP contribution in [0.15, 0.2) is 39.6 Å². The van der Waals surface area contributed by atoms with Gasteiger partial charge in [0.25, 0.3) is 0 Å². The summed E-state index contributed by atoms with van der Waals surface area (Å²) in [5, 5.41) is 3.20. The molecular formula is C12H15NO2. The Hall–Kier alpha value is -1.48. The summed E-state index contributed by atoms with van der Waals surface area (Å²) in [4.78, 5) is 0. The molecule has 2 heterocycles. The van der Waals surface area contributed by atoms with Gasteiger partial charge < -0.3 is 14.2 Å². The van der Waals surface area contributed by atoms with Gasteiger partial charge in [-0.3, -0.25) is 0 Å². The van der Waals surface area contributed by atoms with E-state index in [0.717, 1.165) is 23.5 Å². The van der Waals surface area contributed by atoms with Crippen LogP contribution >= 0.6 is 0 Å². The summed E-state index contributed by atoms with van der Waals surface area (Å²) >= 11 is 0. The Bertz CT molecular complexity index is 403. The number of furan rings is 2. The van der Waals surface area contributed by atoms with Crippen LogP contribution in [0.25, 0.3) is 0 Å². The molecule has 1 N–H and O–H groups in total. The smallest absolute Gasteiger partial charge is 0.125 e. The van der Waals surface area contributed by atoms with Gasteiger partial charge in [-0.1, -0.05) is 6.92 Å². The second-order valence-corrected chi connectivity index (χ2v) is 3.44. The first-order chi connectivity index (χ1) is 7.35. The highest BCUT2D eigenvalue weighted by Crippen LogP contribution is 2.24. The van der Waals surface area contributed by atoms with E-state index in [4.69, 9.17) is 8.83 Å². The van der Waals surface area contributed by atoms with Crippen LogP contribution in [0, 0.1) is 0 Å². The molecule has 0 aromatic carbocycles. The van der Waals surface area contributed by atoms with Crippen molar-refractivity contribution in [2.24, 2.45) is 0 Å². The minimum atomic E-state index is 0.0732. The van der Waals surface area contributed by atoms with Crippen molar-refractivity contribution in [2.75, 3.05) is 7.05 Å². The number of hydrogen-bond donors (Lipinski definition) is 1. The van der Waals surface area contributed by atoms with Gasteiger partial charge in [-0.05, 0) is 25.2 Å². The molecule has 0 aliphatic carbocycles. The molecule has 0 amide bonds. The van der Waals surface area contributed by atoms with Crippen molar-refractivity contribution in [2.45, 2.75) is 19.4 Å². The summed E-state index contributed by atoms with van der Waals surface area (Å²) in [7, 11) is 1.91. The highest BCUT2D eigenvalue weighted by atomic mass is 16.3. The maximum Gasteiger partial charge on any atom is 0.125 e. The number of rotatable bonds is 4. The molecule has 0 aliphatic rings. The molecule has 0 aliphatic heterocycles. The molecule has 2 aromatic rings. The molecular weight excluding hydrogens is 190 g/mol. The third kappa shape index (κ3) is 1.97. The van der Waals surface area contributed by atoms with Crippen molar-refractivity contribution in [3.8, 4) is 0 Å². The standard InChI is InChI=1S/C12H15NO2/c1-3-10-4-5-11(15-10)12(13-2)9-6-7-14-8-9/h4-8,12-13H,3H2,1-2H3. The van der Waals surface area contributed by atoms with Crippen LogP contribution in [0.5, 0.6) is 0 Å². The van der Waals surface area contributed by atoms with Crippen LogP contribution in [0.2, 0.25) is 0 Å². The Kier molecular flexibility index (Phi) is 2.92. The molecule has 3 nitrogen and oxygen atoms in total. The minimum absolute atomic E-state index is 0.0732. The van der Waals surface area contributed by atoms with E-state index in [-0.39, 0.29) is 6.04 Å². The minimum Gasteiger partial charge on any atom is -0.472 e. The molecule has 2 aromatic heterocycles. The Morgan fingerprint density at radius 1 is 1.33 bits per heavy atom. The van der Waals surface area contributed by atoms with Gasteiger partial charge in [0, 0.05) is 12.0 Å². The third-order valence-corrected chi connectivity index (χ3v) is 2.48. The first kappa shape index (κ1) is 10.1. The van der Waals surface area contributed by atoms with E-state index >= 15 is 0 Å². The van der Waals surface area contributed by atoms with E-state index in [0.29, 0.717) is 0 Å². The lowest BCUT2D eigenvalue weighted by Gasteiger charge is -2.10. The molecule has 1 unspecified atom stereocenters. The van der Waals surface area contributed by atoms with E-state index in [2.05, 4.69) is 12.2 Å². The van der Waals surface area contributed by atoms with Crippen LogP contribution < -0.4 is 5.32 Å². The lowest BCUT2D eigenvalue weighted by molar-refractivity contribution is 0.432. The van der Waals surface area contributed by atoms with Crippen LogP contribution in [-0.2, 0) is 6.42 Å². The molecule has 0 spiro atoms. The summed E-state index contributed by atoms with van der Waals surface area (Å²) in [6, 6.07) is 6.03. The zero-order valence-electron chi connectivity index (χ0n) is 8.99. The molecule has 3 heteroatoms. The van der Waals surface area contributed by atoms with Crippen molar-refractivity contribution < 1.29 is 8.83 Å². The van der Waals surface area contributed by atoms with E-state index in [1.165, 1.54) is 0 Å². The summed E-state index contributed by atoms with van der Waals surface area (Å²) in [5.74, 6) is 1.93. The van der Waals surface area contributed by atoms with Crippen molar-refractivity contribution in [3.63, 3.8) is 0 Å². The van der Waals surface area contributed by atoms with Gasteiger partial charge in [0.1, 0.15) is 11.5 Å². The van der Waals surface area contributed by atoms with Gasteiger partial charge in [0.2, 0.25) is 0 Å². The van der Waals surface area contributed by atoms with Gasteiger partial charge in [-0.15, -0.1) is 0 Å². The summed E-state index contributed by atoms with van der Waals surface area (Å²) in [5.41, 5.74) is 1.08. The predicted molar refractivity (Wildman–Crippen MR) is 57.7 cm³/mol. The van der Waals surface area contributed by atoms with Crippen LogP contribution in [0.4, 0.5) is 0 Å². The normalized spacial score (nSPS) is 12.9. The largest absolute Gasteiger partial charge is 0.472 e. The molecule has 0 saturated heterocycles. The fourth-order valence-corrected chi connectivity index (χ4v) is 1.65. The topological polar surface area (TPSA) is 38.3 Å². The molecule has 80 valence electrons. The lowest BCUT2D eigenvalue weighted by Crippen LogP contribution is -2.16. The quantitative estimate of drug-likeness (QED) is 0.834. The van der Waals surface area contributed by atoms with Gasteiger partial charge in [0.05, 0.1) is 18.6 Å². The molecule has 0 radical (unpaired) electrons. The fourth-order valence-electron chi connectivity index (χ4n) is 1.65. The highest BCUT2D eigenvalue weighted by molar-refractivity contribution is 5.23. The second kappa shape index (κ2) is 4.36. The van der Waals surface area contributed by atoms with Crippen molar-refractivity contribution in [1.82, 2.24) is 5.32 Å². The average molecular weight is 205 g/mol. The summed E-state index contributed by atoms with van der Waals surface area (Å²) in [6.07, 6.45) is 4.32. The zero-order valence-corrected chi connectivity index (χ0v) is 8.99. The molecule has 15 heavy (non-hydrogen) atoms. The predicted octanol–water partition coefficient (Wildman–Crippen LogP) is 2.74. The molecule has 2 rings (SSSR count). The van der Waals surface area contributed by atoms with E-state index < -0.39 is 0 Å². The van der Waals surface area contributed by atoms with Crippen molar-refractivity contribution in [1.29, 1.82) is 0 Å². The first-order valence-electron chi connectivity index (χ1n) is 5.13. The average Bonchev–Trinajstić information content (AvgIpc) is 2.89. The molecule has 0 bridgehead atoms. The lowest BCUT2D eigenvalue weighted by atomic mass is 10.1. The summed E-state index contributed by atoms with van der Waals surface area (Å²) in [6.45, 7) is 2.08. The Morgan fingerprint density at radius 3 is 2.73 bits per heavy atom. The maximum atomic E-state index is 5.71. The van der Waals surface area contributed by atoms with E-state index in [1.54, 1.807) is 12.5 Å². The van der Waals surface area contributed by atoms with Crippen molar-refractivity contribution in [3.05, 3.63) is 47.8 Å². The number of aryl methyl sites for hydroxylation is 1. The maximum absolute atomic E-state index is 5.71. The van der Waals surface area contributed by atoms with E-state index in [1.807, 2.05) is 25.2 Å². The zero-order chi connectivity index (χ0) is 10.7. The van der Waals surface area contributed by atoms with Gasteiger partial charge in [-0.25, -0.2) is 0 Å². The number of nitrogens with one attached hydrogen (secondary N) is 1. The van der Waals surface area contributed by atoms with E-state index in [9.17, 15) is 0 Å². The van der Waals surface area contributed by atoms with Crippen LogP contribution in [-0.4, -0.2) is 7.05 Å². The first-order valence-corrected chi connectivity index (χ1v) is 5.13. The van der Waals surface area contributed by atoms with Crippen molar-refractivity contribution >= 4 is 0 Å². The van der Waals surface area contributed by atoms with Crippen LogP contribution in [0.1, 0.15) is 30.0 Å². The fraction of sp³-hybridized carbons (Fsp3) is 0.333. The molecule has 0 fully saturated rings. The Morgan fingerprint density at radius 2 is 2.20 bits per heavy atom.